The summed E-state index contributed by atoms with van der Waals surface area (Å²) in [5.41, 5.74) is 3.12. The topological polar surface area (TPSA) is 96.9 Å². The highest BCUT2D eigenvalue weighted by atomic mass is 35.5. The molecule has 2 N–H and O–H groups in total. The van der Waals surface area contributed by atoms with Gasteiger partial charge < -0.3 is 10.6 Å². The first-order valence-electron chi connectivity index (χ1n) is 8.56. The van der Waals surface area contributed by atoms with E-state index in [2.05, 4.69) is 25.6 Å². The number of rotatable bonds is 4. The molecule has 0 unspecified atom stereocenters. The monoisotopic (exact) mass is 423 g/mol. The number of pyridine rings is 2. The Labute approximate surface area is 174 Å². The number of aromatic nitrogens is 3. The minimum Gasteiger partial charge on any atom is -0.318 e. The lowest BCUT2D eigenvalue weighted by atomic mass is 10.1. The van der Waals surface area contributed by atoms with E-state index >= 15 is 0 Å². The van der Waals surface area contributed by atoms with E-state index in [4.69, 9.17) is 11.6 Å². The molecule has 9 heteroatoms. The Hall–Kier alpha value is -3.36. The number of anilines is 2. The van der Waals surface area contributed by atoms with E-state index in [1.165, 1.54) is 18.3 Å². The normalized spacial score (nSPS) is 10.7. The van der Waals surface area contributed by atoms with Crippen LogP contribution in [-0.4, -0.2) is 26.8 Å². The maximum Gasteiger partial charge on any atom is 0.274 e. The van der Waals surface area contributed by atoms with Gasteiger partial charge in [-0.05, 0) is 35.9 Å². The number of halogens is 1. The second-order valence-electron chi connectivity index (χ2n) is 6.11. The van der Waals surface area contributed by atoms with Gasteiger partial charge in [0.15, 0.2) is 10.3 Å². The van der Waals surface area contributed by atoms with Gasteiger partial charge in [0, 0.05) is 24.9 Å². The molecule has 0 saturated heterocycles. The minimum atomic E-state index is -0.371. The number of benzene rings is 1. The van der Waals surface area contributed by atoms with Crippen molar-refractivity contribution in [2.45, 2.75) is 6.92 Å². The molecule has 0 spiro atoms. The fourth-order valence-corrected chi connectivity index (χ4v) is 3.79. The molecule has 1 aromatic carbocycles. The first-order valence-corrected chi connectivity index (χ1v) is 9.75. The second-order valence-corrected chi connectivity index (χ2v) is 7.50. The van der Waals surface area contributed by atoms with Gasteiger partial charge >= 0.3 is 0 Å². The highest BCUT2D eigenvalue weighted by Gasteiger charge is 2.13. The molecule has 0 aliphatic rings. The Morgan fingerprint density at radius 1 is 1.03 bits per heavy atom. The van der Waals surface area contributed by atoms with Gasteiger partial charge in [-0.2, -0.15) is 0 Å². The zero-order valence-corrected chi connectivity index (χ0v) is 16.7. The van der Waals surface area contributed by atoms with Crippen LogP contribution in [0.4, 0.5) is 10.8 Å². The summed E-state index contributed by atoms with van der Waals surface area (Å²) in [6.07, 6.45) is 3.18. The maximum atomic E-state index is 12.4. The lowest BCUT2D eigenvalue weighted by Gasteiger charge is -2.09. The van der Waals surface area contributed by atoms with Crippen LogP contribution in [0.5, 0.6) is 0 Å². The maximum absolute atomic E-state index is 12.4. The molecule has 0 atom stereocenters. The molecule has 0 radical (unpaired) electrons. The molecule has 29 heavy (non-hydrogen) atoms. The molecule has 0 saturated carbocycles. The molecular formula is C20H14ClN5O2S. The van der Waals surface area contributed by atoms with Gasteiger partial charge in [0.25, 0.3) is 5.91 Å². The number of fused-ring (bicyclic) bond motifs is 1. The van der Waals surface area contributed by atoms with Crippen molar-refractivity contribution in [3.63, 3.8) is 0 Å². The predicted octanol–water partition coefficient (Wildman–Crippen LogP) is 4.62. The van der Waals surface area contributed by atoms with Gasteiger partial charge in [-0.1, -0.05) is 35.1 Å². The molecule has 0 aliphatic carbocycles. The van der Waals surface area contributed by atoms with Crippen molar-refractivity contribution >= 4 is 55.8 Å². The van der Waals surface area contributed by atoms with Crippen LogP contribution in [0.2, 0.25) is 5.15 Å². The van der Waals surface area contributed by atoms with Gasteiger partial charge in [-0.25, -0.2) is 9.97 Å². The van der Waals surface area contributed by atoms with Crippen molar-refractivity contribution in [2.75, 3.05) is 10.6 Å². The first-order chi connectivity index (χ1) is 14.0. The molecule has 3 aromatic heterocycles. The first kappa shape index (κ1) is 19.0. The average molecular weight is 424 g/mol. The summed E-state index contributed by atoms with van der Waals surface area (Å²) < 4.78 is 0.917. The van der Waals surface area contributed by atoms with E-state index in [0.717, 1.165) is 21.3 Å². The SMILES string of the molecule is CC(=O)Nc1nc2ccc(-c3cnc(Cl)c(NC(=O)c4ccccn4)c3)cc2s1. The molecule has 2 amide bonds. The zero-order chi connectivity index (χ0) is 20.4. The summed E-state index contributed by atoms with van der Waals surface area (Å²) in [4.78, 5) is 36.2. The number of carbonyl (C=O) groups is 2. The Morgan fingerprint density at radius 2 is 1.90 bits per heavy atom. The third-order valence-corrected chi connectivity index (χ3v) is 5.22. The number of amides is 2. The average Bonchev–Trinajstić information content (AvgIpc) is 3.11. The van der Waals surface area contributed by atoms with Crippen LogP contribution in [0.1, 0.15) is 17.4 Å². The van der Waals surface area contributed by atoms with Crippen LogP contribution >= 0.6 is 22.9 Å². The van der Waals surface area contributed by atoms with Crippen LogP contribution in [0.3, 0.4) is 0 Å². The van der Waals surface area contributed by atoms with Crippen LogP contribution in [0, 0.1) is 0 Å². The number of thiazole rings is 1. The quantitative estimate of drug-likeness (QED) is 0.467. The Kier molecular flexibility index (Phi) is 5.20. The summed E-state index contributed by atoms with van der Waals surface area (Å²) >= 11 is 7.55. The Morgan fingerprint density at radius 3 is 2.66 bits per heavy atom. The van der Waals surface area contributed by atoms with E-state index in [1.54, 1.807) is 36.7 Å². The molecule has 144 valence electrons. The lowest BCUT2D eigenvalue weighted by molar-refractivity contribution is -0.114. The lowest BCUT2D eigenvalue weighted by Crippen LogP contribution is -2.14. The summed E-state index contributed by atoms with van der Waals surface area (Å²) in [6.45, 7) is 1.44. The molecule has 0 fully saturated rings. The molecule has 7 nitrogen and oxygen atoms in total. The van der Waals surface area contributed by atoms with Crippen molar-refractivity contribution in [1.82, 2.24) is 15.0 Å². The summed E-state index contributed by atoms with van der Waals surface area (Å²) in [5.74, 6) is -0.538. The van der Waals surface area contributed by atoms with Gasteiger partial charge in [0.05, 0.1) is 15.9 Å². The highest BCUT2D eigenvalue weighted by molar-refractivity contribution is 7.22. The second kappa shape index (κ2) is 7.94. The van der Waals surface area contributed by atoms with E-state index in [1.807, 2.05) is 18.2 Å². The van der Waals surface area contributed by atoms with Gasteiger partial charge in [0.2, 0.25) is 5.91 Å². The fraction of sp³-hybridized carbons (Fsp3) is 0.0500. The summed E-state index contributed by atoms with van der Waals surface area (Å²) in [5, 5.41) is 6.17. The Balaban J connectivity index is 1.64. The molecule has 0 aliphatic heterocycles. The summed E-state index contributed by atoms with van der Waals surface area (Å²) in [6, 6.07) is 12.6. The van der Waals surface area contributed by atoms with E-state index in [-0.39, 0.29) is 22.7 Å². The largest absolute Gasteiger partial charge is 0.318 e. The molecule has 4 aromatic rings. The minimum absolute atomic E-state index is 0.167. The number of hydrogen-bond acceptors (Lipinski definition) is 6. The number of hydrogen-bond donors (Lipinski definition) is 2. The number of carbonyl (C=O) groups excluding carboxylic acids is 2. The van der Waals surface area contributed by atoms with Crippen molar-refractivity contribution in [1.29, 1.82) is 0 Å². The van der Waals surface area contributed by atoms with Crippen LogP contribution < -0.4 is 10.6 Å². The van der Waals surface area contributed by atoms with Gasteiger partial charge in [-0.3, -0.25) is 14.6 Å². The third kappa shape index (κ3) is 4.23. The molecule has 0 bridgehead atoms. The van der Waals surface area contributed by atoms with Crippen molar-refractivity contribution in [3.8, 4) is 11.1 Å². The standard InChI is InChI=1S/C20H14ClN5O2S/c1-11(27)24-20-26-14-6-5-12(9-17(14)29-20)13-8-16(18(21)23-10-13)25-19(28)15-4-2-3-7-22-15/h2-10H,1H3,(H,25,28)(H,24,26,27). The number of nitrogens with zero attached hydrogens (tertiary/aromatic N) is 3. The fourth-order valence-electron chi connectivity index (χ4n) is 2.69. The zero-order valence-electron chi connectivity index (χ0n) is 15.1. The van der Waals surface area contributed by atoms with Crippen LogP contribution in [-0.2, 0) is 4.79 Å². The van der Waals surface area contributed by atoms with E-state index in [0.29, 0.717) is 10.8 Å². The van der Waals surface area contributed by atoms with Gasteiger partial charge in [0.1, 0.15) is 5.69 Å². The molecule has 3 heterocycles. The molecular weight excluding hydrogens is 410 g/mol. The van der Waals surface area contributed by atoms with Crippen molar-refractivity contribution < 1.29 is 9.59 Å². The van der Waals surface area contributed by atoms with Crippen LogP contribution in [0.25, 0.3) is 21.3 Å². The van der Waals surface area contributed by atoms with Crippen LogP contribution in [0.15, 0.2) is 54.9 Å². The molecule has 4 rings (SSSR count). The Bertz CT molecular complexity index is 1230. The van der Waals surface area contributed by atoms with Crippen molar-refractivity contribution in [2.24, 2.45) is 0 Å². The van der Waals surface area contributed by atoms with E-state index in [9.17, 15) is 9.59 Å². The predicted molar refractivity (Wildman–Crippen MR) is 114 cm³/mol. The van der Waals surface area contributed by atoms with E-state index < -0.39 is 0 Å². The summed E-state index contributed by atoms with van der Waals surface area (Å²) in [7, 11) is 0. The van der Waals surface area contributed by atoms with Gasteiger partial charge in [-0.15, -0.1) is 0 Å². The third-order valence-electron chi connectivity index (χ3n) is 3.99. The highest BCUT2D eigenvalue weighted by Crippen LogP contribution is 2.32. The van der Waals surface area contributed by atoms with Crippen molar-refractivity contribution in [3.05, 3.63) is 65.7 Å². The smallest absolute Gasteiger partial charge is 0.274 e. The number of nitrogens with one attached hydrogen (secondary N) is 2.